The highest BCUT2D eigenvalue weighted by atomic mass is 16.5. The molecule has 1 aromatic heterocycles. The van der Waals surface area contributed by atoms with Gasteiger partial charge in [0.2, 0.25) is 0 Å². The van der Waals surface area contributed by atoms with Crippen LogP contribution >= 0.6 is 0 Å². The smallest absolute Gasteiger partial charge is 0.325 e. The molecule has 140 valence electrons. The SMILES string of the molecule is Cc1noc(C)c1CN1CC(N2C(=O)N[C@@H](Cc3ccccc3)C2=O)C=N1. The zero-order chi connectivity index (χ0) is 19.0. The number of hydrazone groups is 1. The third-order valence-electron chi connectivity index (χ3n) is 4.99. The van der Waals surface area contributed by atoms with Gasteiger partial charge >= 0.3 is 6.03 Å². The molecule has 0 spiro atoms. The number of amides is 3. The van der Waals surface area contributed by atoms with Crippen LogP contribution in [0.15, 0.2) is 40.0 Å². The Morgan fingerprint density at radius 1 is 1.22 bits per heavy atom. The van der Waals surface area contributed by atoms with Gasteiger partial charge in [-0.1, -0.05) is 35.5 Å². The summed E-state index contributed by atoms with van der Waals surface area (Å²) >= 11 is 0. The summed E-state index contributed by atoms with van der Waals surface area (Å²) in [5.74, 6) is 0.545. The highest BCUT2D eigenvalue weighted by molar-refractivity contribution is 6.06. The molecule has 1 N–H and O–H groups in total. The van der Waals surface area contributed by atoms with Crippen molar-refractivity contribution in [1.82, 2.24) is 20.4 Å². The monoisotopic (exact) mass is 367 g/mol. The summed E-state index contributed by atoms with van der Waals surface area (Å²) in [5, 5.41) is 12.9. The molecule has 1 saturated heterocycles. The van der Waals surface area contributed by atoms with Crippen LogP contribution in [-0.2, 0) is 17.8 Å². The summed E-state index contributed by atoms with van der Waals surface area (Å²) in [6.45, 7) is 4.74. The first-order valence-electron chi connectivity index (χ1n) is 8.91. The summed E-state index contributed by atoms with van der Waals surface area (Å²) in [6, 6.07) is 8.39. The van der Waals surface area contributed by atoms with Crippen molar-refractivity contribution in [2.75, 3.05) is 6.54 Å². The largest absolute Gasteiger partial charge is 0.361 e. The van der Waals surface area contributed by atoms with Crippen LogP contribution < -0.4 is 5.32 Å². The molecular formula is C19H21N5O3. The Bertz CT molecular complexity index is 873. The molecule has 2 aromatic rings. The minimum Gasteiger partial charge on any atom is -0.361 e. The van der Waals surface area contributed by atoms with Crippen LogP contribution in [0.4, 0.5) is 4.79 Å². The Kier molecular flexibility index (Phi) is 4.39. The minimum atomic E-state index is -0.537. The predicted molar refractivity (Wildman–Crippen MR) is 98.0 cm³/mol. The standard InChI is InChI=1S/C19H21N5O3/c1-12-16(13(2)27-22-12)11-23-10-15(9-20-23)24-18(25)17(21-19(24)26)8-14-6-4-3-5-7-14/h3-7,9,15,17H,8,10-11H2,1-2H3,(H,21,26)/t15?,17-/m0/s1. The molecule has 0 saturated carbocycles. The average molecular weight is 367 g/mol. The number of urea groups is 1. The maximum Gasteiger partial charge on any atom is 0.325 e. The Balaban J connectivity index is 1.41. The topological polar surface area (TPSA) is 91.0 Å². The first-order chi connectivity index (χ1) is 13.0. The molecule has 2 atom stereocenters. The third-order valence-corrected chi connectivity index (χ3v) is 4.99. The van der Waals surface area contributed by atoms with Gasteiger partial charge in [-0.25, -0.2) is 4.79 Å². The molecule has 1 unspecified atom stereocenters. The fraction of sp³-hybridized carbons (Fsp3) is 0.368. The molecule has 3 heterocycles. The van der Waals surface area contributed by atoms with Crippen molar-refractivity contribution in [2.45, 2.75) is 38.9 Å². The first kappa shape index (κ1) is 17.3. The number of aryl methyl sites for hydroxylation is 2. The van der Waals surface area contributed by atoms with Gasteiger partial charge in [-0.3, -0.25) is 14.7 Å². The second kappa shape index (κ2) is 6.86. The van der Waals surface area contributed by atoms with E-state index < -0.39 is 6.04 Å². The fourth-order valence-electron chi connectivity index (χ4n) is 3.50. The molecule has 0 aliphatic carbocycles. The van der Waals surface area contributed by atoms with E-state index in [0.717, 1.165) is 22.6 Å². The molecule has 27 heavy (non-hydrogen) atoms. The van der Waals surface area contributed by atoms with E-state index in [1.54, 1.807) is 6.21 Å². The number of carbonyl (C=O) groups excluding carboxylic acids is 2. The lowest BCUT2D eigenvalue weighted by atomic mass is 10.1. The van der Waals surface area contributed by atoms with Crippen LogP contribution in [0.3, 0.4) is 0 Å². The zero-order valence-corrected chi connectivity index (χ0v) is 15.3. The molecule has 8 heteroatoms. The second-order valence-electron chi connectivity index (χ2n) is 6.88. The summed E-state index contributed by atoms with van der Waals surface area (Å²) < 4.78 is 5.18. The minimum absolute atomic E-state index is 0.209. The van der Waals surface area contributed by atoms with Gasteiger partial charge in [-0.2, -0.15) is 5.10 Å². The van der Waals surface area contributed by atoms with Crippen LogP contribution in [0.2, 0.25) is 0 Å². The Morgan fingerprint density at radius 2 is 2.00 bits per heavy atom. The third kappa shape index (κ3) is 3.30. The van der Waals surface area contributed by atoms with Crippen molar-refractivity contribution in [1.29, 1.82) is 0 Å². The number of nitrogens with zero attached hydrogens (tertiary/aromatic N) is 4. The maximum atomic E-state index is 12.8. The van der Waals surface area contributed by atoms with E-state index in [2.05, 4.69) is 15.6 Å². The van der Waals surface area contributed by atoms with Gasteiger partial charge in [0, 0.05) is 18.2 Å². The molecule has 1 fully saturated rings. The molecule has 0 bridgehead atoms. The van der Waals surface area contributed by atoms with E-state index in [9.17, 15) is 9.59 Å². The van der Waals surface area contributed by atoms with Crippen molar-refractivity contribution < 1.29 is 14.1 Å². The Morgan fingerprint density at radius 3 is 2.70 bits per heavy atom. The number of nitrogens with one attached hydrogen (secondary N) is 1. The highest BCUT2D eigenvalue weighted by Gasteiger charge is 2.43. The lowest BCUT2D eigenvalue weighted by molar-refractivity contribution is -0.128. The van der Waals surface area contributed by atoms with Crippen LogP contribution in [0.1, 0.15) is 22.6 Å². The van der Waals surface area contributed by atoms with Gasteiger partial charge in [0.05, 0.1) is 24.8 Å². The zero-order valence-electron chi connectivity index (χ0n) is 15.3. The molecular weight excluding hydrogens is 346 g/mol. The van der Waals surface area contributed by atoms with Gasteiger partial charge in [0.25, 0.3) is 5.91 Å². The van der Waals surface area contributed by atoms with Crippen molar-refractivity contribution in [3.05, 3.63) is 52.9 Å². The van der Waals surface area contributed by atoms with Gasteiger partial charge in [0.15, 0.2) is 0 Å². The lowest BCUT2D eigenvalue weighted by Crippen LogP contribution is -2.44. The van der Waals surface area contributed by atoms with Crippen LogP contribution in [0, 0.1) is 13.8 Å². The van der Waals surface area contributed by atoms with Crippen LogP contribution in [-0.4, -0.2) is 51.8 Å². The summed E-state index contributed by atoms with van der Waals surface area (Å²) in [4.78, 5) is 26.5. The number of aromatic nitrogens is 1. The average Bonchev–Trinajstić information content (AvgIpc) is 3.31. The summed E-state index contributed by atoms with van der Waals surface area (Å²) in [7, 11) is 0. The quantitative estimate of drug-likeness (QED) is 0.811. The molecule has 1 aromatic carbocycles. The van der Waals surface area contributed by atoms with E-state index in [1.807, 2.05) is 49.2 Å². The van der Waals surface area contributed by atoms with E-state index >= 15 is 0 Å². The molecule has 2 aliphatic rings. The number of benzene rings is 1. The number of imide groups is 1. The van der Waals surface area contributed by atoms with Gasteiger partial charge in [-0.15, -0.1) is 0 Å². The van der Waals surface area contributed by atoms with Crippen LogP contribution in [0.25, 0.3) is 0 Å². The van der Waals surface area contributed by atoms with Gasteiger partial charge in [0.1, 0.15) is 11.8 Å². The van der Waals surface area contributed by atoms with E-state index in [1.165, 1.54) is 4.90 Å². The molecule has 0 radical (unpaired) electrons. The molecule has 3 amide bonds. The molecule has 2 aliphatic heterocycles. The van der Waals surface area contributed by atoms with Crippen molar-refractivity contribution in [3.63, 3.8) is 0 Å². The summed E-state index contributed by atoms with van der Waals surface area (Å²) in [6.07, 6.45) is 2.13. The number of carbonyl (C=O) groups is 2. The Hall–Kier alpha value is -3.16. The number of rotatable bonds is 5. The fourth-order valence-corrected chi connectivity index (χ4v) is 3.50. The predicted octanol–water partition coefficient (Wildman–Crippen LogP) is 1.62. The lowest BCUT2D eigenvalue weighted by Gasteiger charge is -2.21. The highest BCUT2D eigenvalue weighted by Crippen LogP contribution is 2.21. The molecule has 4 rings (SSSR count). The number of hydrogen-bond donors (Lipinski definition) is 1. The Labute approximate surface area is 156 Å². The van der Waals surface area contributed by atoms with Crippen molar-refractivity contribution in [2.24, 2.45) is 5.10 Å². The second-order valence-corrected chi connectivity index (χ2v) is 6.88. The maximum absolute atomic E-state index is 12.8. The van der Waals surface area contributed by atoms with Crippen molar-refractivity contribution >= 4 is 18.2 Å². The van der Waals surface area contributed by atoms with Gasteiger partial charge in [-0.05, 0) is 19.4 Å². The normalized spacial score (nSPS) is 22.0. The molecule has 8 nitrogen and oxygen atoms in total. The van der Waals surface area contributed by atoms with E-state index in [-0.39, 0.29) is 18.0 Å². The first-order valence-corrected chi connectivity index (χ1v) is 8.91. The van der Waals surface area contributed by atoms with Crippen molar-refractivity contribution in [3.8, 4) is 0 Å². The summed E-state index contributed by atoms with van der Waals surface area (Å²) in [5.41, 5.74) is 2.81. The number of hydrogen-bond acceptors (Lipinski definition) is 6. The van der Waals surface area contributed by atoms with E-state index in [0.29, 0.717) is 19.5 Å². The van der Waals surface area contributed by atoms with E-state index in [4.69, 9.17) is 4.52 Å². The van der Waals surface area contributed by atoms with Gasteiger partial charge < -0.3 is 9.84 Å². The van der Waals surface area contributed by atoms with Crippen LogP contribution in [0.5, 0.6) is 0 Å².